The quantitative estimate of drug-likeness (QED) is 0.766. The number of rotatable bonds is 5. The van der Waals surface area contributed by atoms with Crippen molar-refractivity contribution in [2.45, 2.75) is 25.4 Å². The van der Waals surface area contributed by atoms with E-state index in [1.807, 2.05) is 31.2 Å². The molecule has 1 rings (SSSR count). The second-order valence-electron chi connectivity index (χ2n) is 3.96. The Hall–Kier alpha value is -1.40. The van der Waals surface area contributed by atoms with Gasteiger partial charge in [-0.15, -0.1) is 0 Å². The maximum atomic E-state index is 11.7. The molecular weight excluding hydrogens is 300 g/mol. The van der Waals surface area contributed by atoms with Crippen LogP contribution in [0.4, 0.5) is 0 Å². The Bertz CT molecular complexity index is 451. The van der Waals surface area contributed by atoms with Gasteiger partial charge in [-0.2, -0.15) is 0 Å². The van der Waals surface area contributed by atoms with Gasteiger partial charge in [0.05, 0.1) is 18.5 Å². The van der Waals surface area contributed by atoms with Gasteiger partial charge in [-0.1, -0.05) is 34.1 Å². The van der Waals surface area contributed by atoms with Crippen LogP contribution in [0.25, 0.3) is 0 Å². The fourth-order valence-corrected chi connectivity index (χ4v) is 2.13. The Morgan fingerprint density at radius 2 is 2.06 bits per heavy atom. The largest absolute Gasteiger partial charge is 0.481 e. The number of aliphatic carboxylic acids is 1. The zero-order chi connectivity index (χ0) is 13.7. The summed E-state index contributed by atoms with van der Waals surface area (Å²) in [5.41, 5.74) is 6.39. The first kappa shape index (κ1) is 14.7. The van der Waals surface area contributed by atoms with Gasteiger partial charge in [-0.05, 0) is 18.6 Å². The second-order valence-corrected chi connectivity index (χ2v) is 4.81. The maximum absolute atomic E-state index is 11.7. The Kier molecular flexibility index (Phi) is 5.30. The fourth-order valence-electron chi connectivity index (χ4n) is 1.51. The van der Waals surface area contributed by atoms with Crippen LogP contribution < -0.4 is 11.1 Å². The first-order valence-corrected chi connectivity index (χ1v) is 6.23. The average molecular weight is 315 g/mol. The molecule has 6 heteroatoms. The van der Waals surface area contributed by atoms with Crippen LogP contribution in [0.2, 0.25) is 0 Å². The third-order valence-electron chi connectivity index (χ3n) is 2.46. The molecule has 0 fully saturated rings. The molecule has 98 valence electrons. The van der Waals surface area contributed by atoms with Gasteiger partial charge in [0.2, 0.25) is 5.91 Å². The van der Waals surface area contributed by atoms with E-state index in [0.29, 0.717) is 0 Å². The third-order valence-corrected chi connectivity index (χ3v) is 3.18. The summed E-state index contributed by atoms with van der Waals surface area (Å²) in [6, 6.07) is 6.20. The number of carbonyl (C=O) groups excluding carboxylic acids is 1. The molecule has 1 unspecified atom stereocenters. The number of amides is 1. The smallest absolute Gasteiger partial charge is 0.305 e. The van der Waals surface area contributed by atoms with Crippen molar-refractivity contribution >= 4 is 27.8 Å². The first-order valence-electron chi connectivity index (χ1n) is 5.44. The highest BCUT2D eigenvalue weighted by molar-refractivity contribution is 9.10. The van der Waals surface area contributed by atoms with Gasteiger partial charge in [0.25, 0.3) is 0 Å². The highest BCUT2D eigenvalue weighted by atomic mass is 79.9. The van der Waals surface area contributed by atoms with Crippen molar-refractivity contribution < 1.29 is 14.7 Å². The van der Waals surface area contributed by atoms with Crippen LogP contribution in [0.5, 0.6) is 0 Å². The summed E-state index contributed by atoms with van der Waals surface area (Å²) >= 11 is 3.39. The van der Waals surface area contributed by atoms with E-state index in [0.717, 1.165) is 10.0 Å². The van der Waals surface area contributed by atoms with Gasteiger partial charge in [-0.25, -0.2) is 0 Å². The summed E-state index contributed by atoms with van der Waals surface area (Å²) in [5, 5.41) is 11.2. The monoisotopic (exact) mass is 314 g/mol. The highest BCUT2D eigenvalue weighted by Gasteiger charge is 2.19. The highest BCUT2D eigenvalue weighted by Crippen LogP contribution is 2.22. The second kappa shape index (κ2) is 6.51. The van der Waals surface area contributed by atoms with Gasteiger partial charge in [-0.3, -0.25) is 9.59 Å². The summed E-state index contributed by atoms with van der Waals surface area (Å²) in [6.45, 7) is 1.81. The molecule has 4 N–H and O–H groups in total. The van der Waals surface area contributed by atoms with E-state index in [4.69, 9.17) is 10.8 Å². The van der Waals surface area contributed by atoms with E-state index >= 15 is 0 Å². The van der Waals surface area contributed by atoms with Crippen LogP contribution >= 0.6 is 15.9 Å². The lowest BCUT2D eigenvalue weighted by Gasteiger charge is -2.18. The van der Waals surface area contributed by atoms with E-state index in [1.54, 1.807) is 0 Å². The summed E-state index contributed by atoms with van der Waals surface area (Å²) < 4.78 is 0.879. The van der Waals surface area contributed by atoms with E-state index in [2.05, 4.69) is 21.2 Å². The first-order chi connectivity index (χ1) is 8.41. The number of nitrogens with one attached hydrogen (secondary N) is 1. The molecule has 5 nitrogen and oxygen atoms in total. The van der Waals surface area contributed by atoms with E-state index in [-0.39, 0.29) is 12.5 Å². The Labute approximate surface area is 113 Å². The summed E-state index contributed by atoms with van der Waals surface area (Å²) in [7, 11) is 0. The van der Waals surface area contributed by atoms with Gasteiger partial charge in [0.15, 0.2) is 0 Å². The third kappa shape index (κ3) is 4.12. The van der Waals surface area contributed by atoms with Crippen LogP contribution in [0.15, 0.2) is 28.7 Å². The molecule has 0 aliphatic heterocycles. The van der Waals surface area contributed by atoms with Crippen LogP contribution in [-0.2, 0) is 9.59 Å². The molecule has 1 aromatic carbocycles. The van der Waals surface area contributed by atoms with Crippen molar-refractivity contribution in [2.75, 3.05) is 0 Å². The molecule has 0 spiro atoms. The molecule has 0 aromatic heterocycles. The number of nitrogens with two attached hydrogens (primary N) is 1. The number of carboxylic acid groups (broad SMARTS) is 1. The predicted molar refractivity (Wildman–Crippen MR) is 70.9 cm³/mol. The summed E-state index contributed by atoms with van der Waals surface area (Å²) in [4.78, 5) is 22.1. The van der Waals surface area contributed by atoms with E-state index in [9.17, 15) is 9.59 Å². The topological polar surface area (TPSA) is 92.4 Å². The SMILES string of the molecule is C[C@@H](NC(=O)C(N)CC(=O)O)c1ccccc1Br. The Balaban J connectivity index is 2.65. The molecule has 0 radical (unpaired) electrons. The van der Waals surface area contributed by atoms with Crippen LogP contribution in [0.1, 0.15) is 24.9 Å². The zero-order valence-electron chi connectivity index (χ0n) is 9.89. The predicted octanol–water partition coefficient (Wildman–Crippen LogP) is 1.43. The molecule has 0 saturated carbocycles. The molecule has 0 bridgehead atoms. The zero-order valence-corrected chi connectivity index (χ0v) is 11.5. The van der Waals surface area contributed by atoms with Crippen molar-refractivity contribution in [3.8, 4) is 0 Å². The van der Waals surface area contributed by atoms with E-state index < -0.39 is 17.9 Å². The molecule has 18 heavy (non-hydrogen) atoms. The minimum Gasteiger partial charge on any atom is -0.481 e. The van der Waals surface area contributed by atoms with Crippen molar-refractivity contribution in [1.29, 1.82) is 0 Å². The summed E-state index contributed by atoms with van der Waals surface area (Å²) in [6.07, 6.45) is -0.380. The van der Waals surface area contributed by atoms with Crippen LogP contribution in [0, 0.1) is 0 Å². The molecule has 0 aliphatic rings. The molecule has 2 atom stereocenters. The van der Waals surface area contributed by atoms with Crippen LogP contribution in [-0.4, -0.2) is 23.0 Å². The van der Waals surface area contributed by atoms with Gasteiger partial charge >= 0.3 is 5.97 Å². The van der Waals surface area contributed by atoms with Crippen molar-refractivity contribution in [2.24, 2.45) is 5.73 Å². The lowest BCUT2D eigenvalue weighted by molar-refractivity contribution is -0.139. The molecule has 0 saturated heterocycles. The van der Waals surface area contributed by atoms with Gasteiger partial charge < -0.3 is 16.2 Å². The normalized spacial score (nSPS) is 13.7. The molecule has 0 aliphatic carbocycles. The fraction of sp³-hybridized carbons (Fsp3) is 0.333. The number of carbonyl (C=O) groups is 2. The maximum Gasteiger partial charge on any atom is 0.305 e. The lowest BCUT2D eigenvalue weighted by Crippen LogP contribution is -2.42. The lowest BCUT2D eigenvalue weighted by atomic mass is 10.1. The number of hydrogen-bond acceptors (Lipinski definition) is 3. The van der Waals surface area contributed by atoms with Crippen molar-refractivity contribution in [3.63, 3.8) is 0 Å². The molecule has 0 heterocycles. The van der Waals surface area contributed by atoms with Crippen molar-refractivity contribution in [1.82, 2.24) is 5.32 Å². The Morgan fingerprint density at radius 1 is 1.44 bits per heavy atom. The van der Waals surface area contributed by atoms with Crippen molar-refractivity contribution in [3.05, 3.63) is 34.3 Å². The minimum atomic E-state index is -1.09. The van der Waals surface area contributed by atoms with Crippen LogP contribution in [0.3, 0.4) is 0 Å². The number of benzene rings is 1. The number of carboxylic acids is 1. The molecule has 1 amide bonds. The Morgan fingerprint density at radius 3 is 2.61 bits per heavy atom. The van der Waals surface area contributed by atoms with E-state index in [1.165, 1.54) is 0 Å². The van der Waals surface area contributed by atoms with Gasteiger partial charge in [0, 0.05) is 4.47 Å². The molecular formula is C12H15BrN2O3. The standard InChI is InChI=1S/C12H15BrN2O3/c1-7(8-4-2-3-5-9(8)13)15-12(18)10(14)6-11(16)17/h2-5,7,10H,6,14H2,1H3,(H,15,18)(H,16,17)/t7-,10?/m1/s1. The van der Waals surface area contributed by atoms with Gasteiger partial charge in [0.1, 0.15) is 0 Å². The minimum absolute atomic E-state index is 0.243. The number of hydrogen-bond donors (Lipinski definition) is 3. The summed E-state index contributed by atoms with van der Waals surface area (Å²) in [5.74, 6) is -1.56. The molecule has 1 aromatic rings. The average Bonchev–Trinajstić information content (AvgIpc) is 2.28. The number of halogens is 1.